The van der Waals surface area contributed by atoms with Crippen molar-refractivity contribution >= 4 is 5.65 Å². The van der Waals surface area contributed by atoms with E-state index in [9.17, 15) is 0 Å². The minimum atomic E-state index is 0.886. The number of aryl methyl sites for hydroxylation is 2. The van der Waals surface area contributed by atoms with Gasteiger partial charge in [0.2, 0.25) is 0 Å². The molecule has 2 aromatic heterocycles. The smallest absolute Gasteiger partial charge is 0.137 e. The van der Waals surface area contributed by atoms with Crippen molar-refractivity contribution in [3.8, 4) is 17.0 Å². The van der Waals surface area contributed by atoms with E-state index in [2.05, 4.69) is 41.4 Å². The lowest BCUT2D eigenvalue weighted by Crippen LogP contribution is -1.96. The lowest BCUT2D eigenvalue weighted by Gasteiger charge is -2.13. The molecule has 0 aliphatic heterocycles. The topological polar surface area (TPSA) is 26.5 Å². The quantitative estimate of drug-likeness (QED) is 0.696. The number of nitrogens with zero attached hydrogens (tertiary/aromatic N) is 2. The van der Waals surface area contributed by atoms with Crippen LogP contribution < -0.4 is 4.74 Å². The van der Waals surface area contributed by atoms with Crippen molar-refractivity contribution in [2.24, 2.45) is 0 Å². The van der Waals surface area contributed by atoms with Crippen LogP contribution >= 0.6 is 0 Å². The van der Waals surface area contributed by atoms with Crippen molar-refractivity contribution in [1.29, 1.82) is 0 Å². The van der Waals surface area contributed by atoms with E-state index < -0.39 is 0 Å². The Bertz CT molecular complexity index is 744. The Kier molecular flexibility index (Phi) is 2.75. The zero-order chi connectivity index (χ0) is 13.4. The van der Waals surface area contributed by atoms with Crippen LogP contribution in [0, 0.1) is 13.8 Å². The molecule has 0 amide bonds. The molecule has 3 heteroatoms. The molecule has 0 spiro atoms. The van der Waals surface area contributed by atoms with Crippen molar-refractivity contribution in [1.82, 2.24) is 9.38 Å². The molecule has 0 atom stereocenters. The largest absolute Gasteiger partial charge is 0.497 e. The highest BCUT2D eigenvalue weighted by atomic mass is 16.5. The summed E-state index contributed by atoms with van der Waals surface area (Å²) < 4.78 is 7.40. The predicted molar refractivity (Wildman–Crippen MR) is 76.7 cm³/mol. The average molecular weight is 252 g/mol. The summed E-state index contributed by atoms with van der Waals surface area (Å²) in [5, 5.41) is 0. The van der Waals surface area contributed by atoms with Crippen molar-refractivity contribution in [2.75, 3.05) is 7.11 Å². The van der Waals surface area contributed by atoms with Gasteiger partial charge in [-0.15, -0.1) is 0 Å². The van der Waals surface area contributed by atoms with E-state index in [1.807, 2.05) is 24.5 Å². The second-order valence-corrected chi connectivity index (χ2v) is 4.70. The third-order valence-corrected chi connectivity index (χ3v) is 3.45. The van der Waals surface area contributed by atoms with Gasteiger partial charge in [-0.3, -0.25) is 4.40 Å². The van der Waals surface area contributed by atoms with E-state index in [0.29, 0.717) is 0 Å². The number of fused-ring (bicyclic) bond motifs is 1. The molecule has 0 N–H and O–H groups in total. The maximum Gasteiger partial charge on any atom is 0.137 e. The Balaban J connectivity index is 2.29. The molecule has 3 aromatic rings. The SMILES string of the molecule is COc1ccc(-c2c(C)ccc3nccn23)c(C)c1. The first-order chi connectivity index (χ1) is 9.20. The molecule has 2 heterocycles. The van der Waals surface area contributed by atoms with Crippen LogP contribution in [0.2, 0.25) is 0 Å². The molecular formula is C16H16N2O. The number of pyridine rings is 1. The Morgan fingerprint density at radius 3 is 2.63 bits per heavy atom. The standard InChI is InChI=1S/C16H16N2O/c1-11-4-7-15-17-8-9-18(15)16(11)14-6-5-13(19-3)10-12(14)2/h4-10H,1-3H3. The van der Waals surface area contributed by atoms with E-state index in [4.69, 9.17) is 4.74 Å². The lowest BCUT2D eigenvalue weighted by atomic mass is 10.0. The molecule has 0 saturated carbocycles. The first kappa shape index (κ1) is 11.8. The molecular weight excluding hydrogens is 236 g/mol. The minimum Gasteiger partial charge on any atom is -0.497 e. The Labute approximate surface area is 112 Å². The number of hydrogen-bond acceptors (Lipinski definition) is 2. The highest BCUT2D eigenvalue weighted by Crippen LogP contribution is 2.29. The van der Waals surface area contributed by atoms with Gasteiger partial charge in [0.05, 0.1) is 12.8 Å². The van der Waals surface area contributed by atoms with Crippen LogP contribution in [0.1, 0.15) is 11.1 Å². The zero-order valence-corrected chi connectivity index (χ0v) is 11.3. The van der Waals surface area contributed by atoms with Gasteiger partial charge in [-0.25, -0.2) is 4.98 Å². The molecule has 3 nitrogen and oxygen atoms in total. The average Bonchev–Trinajstić information content (AvgIpc) is 2.88. The molecule has 1 aromatic carbocycles. The van der Waals surface area contributed by atoms with Crippen LogP contribution in [0.5, 0.6) is 5.75 Å². The molecule has 0 fully saturated rings. The van der Waals surface area contributed by atoms with E-state index in [1.54, 1.807) is 7.11 Å². The fraction of sp³-hybridized carbons (Fsp3) is 0.188. The fourth-order valence-electron chi connectivity index (χ4n) is 2.47. The van der Waals surface area contributed by atoms with Gasteiger partial charge in [0.1, 0.15) is 11.4 Å². The minimum absolute atomic E-state index is 0.886. The second kappa shape index (κ2) is 4.43. The van der Waals surface area contributed by atoms with Gasteiger partial charge in [0, 0.05) is 18.0 Å². The number of hydrogen-bond donors (Lipinski definition) is 0. The molecule has 19 heavy (non-hydrogen) atoms. The summed E-state index contributed by atoms with van der Waals surface area (Å²) in [5.41, 5.74) is 5.80. The summed E-state index contributed by atoms with van der Waals surface area (Å²) >= 11 is 0. The van der Waals surface area contributed by atoms with Gasteiger partial charge in [-0.1, -0.05) is 6.07 Å². The summed E-state index contributed by atoms with van der Waals surface area (Å²) in [6, 6.07) is 10.3. The van der Waals surface area contributed by atoms with Crippen LogP contribution in [0.3, 0.4) is 0 Å². The second-order valence-electron chi connectivity index (χ2n) is 4.70. The van der Waals surface area contributed by atoms with Crippen LogP contribution in [0.15, 0.2) is 42.7 Å². The maximum atomic E-state index is 5.27. The van der Waals surface area contributed by atoms with Gasteiger partial charge in [0.25, 0.3) is 0 Å². The van der Waals surface area contributed by atoms with Crippen LogP contribution in [0.25, 0.3) is 16.9 Å². The van der Waals surface area contributed by atoms with Crippen molar-refractivity contribution < 1.29 is 4.74 Å². The Hall–Kier alpha value is -2.29. The van der Waals surface area contributed by atoms with Gasteiger partial charge in [0.15, 0.2) is 0 Å². The molecule has 0 aliphatic carbocycles. The Morgan fingerprint density at radius 2 is 1.89 bits per heavy atom. The molecule has 96 valence electrons. The number of rotatable bonds is 2. The highest BCUT2D eigenvalue weighted by molar-refractivity contribution is 5.70. The summed E-state index contributed by atoms with van der Waals surface area (Å²) in [5.74, 6) is 0.886. The third-order valence-electron chi connectivity index (χ3n) is 3.45. The van der Waals surface area contributed by atoms with Gasteiger partial charge >= 0.3 is 0 Å². The van der Waals surface area contributed by atoms with E-state index in [-0.39, 0.29) is 0 Å². The number of ether oxygens (including phenoxy) is 1. The molecule has 0 aliphatic rings. The van der Waals surface area contributed by atoms with Gasteiger partial charge in [-0.05, 0) is 49.2 Å². The highest BCUT2D eigenvalue weighted by Gasteiger charge is 2.10. The number of methoxy groups -OCH3 is 1. The normalized spacial score (nSPS) is 10.9. The molecule has 3 rings (SSSR count). The number of imidazole rings is 1. The van der Waals surface area contributed by atoms with Crippen molar-refractivity contribution in [3.05, 3.63) is 53.9 Å². The van der Waals surface area contributed by atoms with Crippen LogP contribution in [-0.2, 0) is 0 Å². The molecule has 0 saturated heterocycles. The van der Waals surface area contributed by atoms with Crippen molar-refractivity contribution in [2.45, 2.75) is 13.8 Å². The Morgan fingerprint density at radius 1 is 1.05 bits per heavy atom. The summed E-state index contributed by atoms with van der Waals surface area (Å²) in [7, 11) is 1.69. The van der Waals surface area contributed by atoms with Gasteiger partial charge in [-0.2, -0.15) is 0 Å². The number of aromatic nitrogens is 2. The maximum absolute atomic E-state index is 5.27. The molecule has 0 bridgehead atoms. The van der Waals surface area contributed by atoms with E-state index >= 15 is 0 Å². The van der Waals surface area contributed by atoms with E-state index in [1.165, 1.54) is 22.4 Å². The summed E-state index contributed by atoms with van der Waals surface area (Å²) in [6.45, 7) is 4.23. The predicted octanol–water partition coefficient (Wildman–Crippen LogP) is 3.63. The van der Waals surface area contributed by atoms with Crippen LogP contribution in [0.4, 0.5) is 0 Å². The lowest BCUT2D eigenvalue weighted by molar-refractivity contribution is 0.414. The van der Waals surface area contributed by atoms with E-state index in [0.717, 1.165) is 11.4 Å². The summed E-state index contributed by atoms with van der Waals surface area (Å²) in [6.07, 6.45) is 3.83. The molecule has 0 unspecified atom stereocenters. The molecule has 0 radical (unpaired) electrons. The zero-order valence-electron chi connectivity index (χ0n) is 11.3. The van der Waals surface area contributed by atoms with Crippen molar-refractivity contribution in [3.63, 3.8) is 0 Å². The summed E-state index contributed by atoms with van der Waals surface area (Å²) in [4.78, 5) is 4.35. The fourth-order valence-corrected chi connectivity index (χ4v) is 2.47. The van der Waals surface area contributed by atoms with Crippen LogP contribution in [-0.4, -0.2) is 16.5 Å². The first-order valence-corrected chi connectivity index (χ1v) is 6.28. The monoisotopic (exact) mass is 252 g/mol. The van der Waals surface area contributed by atoms with Gasteiger partial charge < -0.3 is 4.74 Å². The third kappa shape index (κ3) is 1.87. The first-order valence-electron chi connectivity index (χ1n) is 6.28. The number of benzene rings is 1.